The second kappa shape index (κ2) is 9.61. The molecule has 11 nitrogen and oxygen atoms in total. The molecule has 0 radical (unpaired) electrons. The molecule has 3 aliphatic carbocycles. The van der Waals surface area contributed by atoms with Crippen molar-refractivity contribution in [2.75, 3.05) is 35.3 Å². The number of carbonyl (C=O) groups is 3. The van der Waals surface area contributed by atoms with Gasteiger partial charge in [0.2, 0.25) is 5.78 Å². The quantitative estimate of drug-likeness (QED) is 0.390. The van der Waals surface area contributed by atoms with E-state index in [1.165, 1.54) is 13.2 Å². The Morgan fingerprint density at radius 1 is 1.15 bits per heavy atom. The number of methoxy groups -OCH3 is 1. The highest BCUT2D eigenvalue weighted by Crippen LogP contribution is 2.54. The number of furan rings is 1. The highest BCUT2D eigenvalue weighted by atomic mass is 16.5. The maximum Gasteiger partial charge on any atom is 0.255 e. The Balaban J connectivity index is 1.73. The largest absolute Gasteiger partial charge is 0.510 e. The molecule has 1 amide bonds. The number of phenols is 1. The summed E-state index contributed by atoms with van der Waals surface area (Å²) in [5.74, 6) is -5.10. The van der Waals surface area contributed by atoms with Crippen LogP contribution >= 0.6 is 0 Å². The van der Waals surface area contributed by atoms with Crippen LogP contribution in [0.25, 0.3) is 11.3 Å². The third kappa shape index (κ3) is 3.72. The predicted octanol–water partition coefficient (Wildman–Crippen LogP) is 2.10. The summed E-state index contributed by atoms with van der Waals surface area (Å²) in [4.78, 5) is 43.7. The van der Waals surface area contributed by atoms with E-state index in [-0.39, 0.29) is 29.7 Å². The van der Waals surface area contributed by atoms with Gasteiger partial charge in [-0.3, -0.25) is 19.3 Å². The third-order valence-corrected chi connectivity index (χ3v) is 8.37. The molecule has 2 aromatic rings. The Morgan fingerprint density at radius 3 is 2.45 bits per heavy atom. The van der Waals surface area contributed by atoms with Gasteiger partial charge in [0, 0.05) is 36.3 Å². The zero-order valence-corrected chi connectivity index (χ0v) is 23.0. The number of primary amides is 1. The third-order valence-electron chi connectivity index (χ3n) is 8.37. The van der Waals surface area contributed by atoms with Gasteiger partial charge in [-0.05, 0) is 70.7 Å². The van der Waals surface area contributed by atoms with Gasteiger partial charge in [-0.1, -0.05) is 0 Å². The number of aromatic hydroxyl groups is 1. The van der Waals surface area contributed by atoms with Crippen LogP contribution < -0.4 is 5.73 Å². The number of ketones is 2. The van der Waals surface area contributed by atoms with Crippen molar-refractivity contribution in [1.29, 1.82) is 0 Å². The number of nitrogens with zero attached hydrogens (tertiary/aromatic N) is 2. The van der Waals surface area contributed by atoms with E-state index in [0.717, 1.165) is 5.56 Å². The number of carbonyl (C=O) groups excluding carboxylic acids is 3. The molecule has 4 atom stereocenters. The number of fused-ring (bicyclic) bond motifs is 3. The van der Waals surface area contributed by atoms with Crippen LogP contribution in [-0.2, 0) is 27.3 Å². The normalized spacial score (nSPS) is 26.3. The van der Waals surface area contributed by atoms with Crippen LogP contribution in [0.15, 0.2) is 51.5 Å². The van der Waals surface area contributed by atoms with Crippen LogP contribution in [0.3, 0.4) is 0 Å². The minimum Gasteiger partial charge on any atom is -0.510 e. The van der Waals surface area contributed by atoms with E-state index in [1.807, 2.05) is 25.1 Å². The highest BCUT2D eigenvalue weighted by Gasteiger charge is 2.64. The minimum absolute atomic E-state index is 0.00754. The fraction of sp³-hybridized carbons (Fsp3) is 0.414. The number of nitrogens with two attached hydrogens (primary N) is 1. The monoisotopic (exact) mass is 551 g/mol. The Hall–Kier alpha value is -3.93. The van der Waals surface area contributed by atoms with Crippen molar-refractivity contribution in [3.8, 4) is 17.1 Å². The molecule has 1 heterocycles. The molecule has 0 fully saturated rings. The van der Waals surface area contributed by atoms with E-state index in [4.69, 9.17) is 14.9 Å². The molecule has 40 heavy (non-hydrogen) atoms. The summed E-state index contributed by atoms with van der Waals surface area (Å²) in [6, 6.07) is 4.05. The van der Waals surface area contributed by atoms with Gasteiger partial charge >= 0.3 is 0 Å². The number of hydrogen-bond donors (Lipinski definition) is 4. The number of hydrogen-bond acceptors (Lipinski definition) is 10. The zero-order chi connectivity index (χ0) is 29.3. The summed E-state index contributed by atoms with van der Waals surface area (Å²) < 4.78 is 11.5. The molecule has 3 aliphatic rings. The first-order valence-corrected chi connectivity index (χ1v) is 12.9. The van der Waals surface area contributed by atoms with E-state index in [9.17, 15) is 29.7 Å². The van der Waals surface area contributed by atoms with Crippen molar-refractivity contribution in [2.45, 2.75) is 31.0 Å². The molecular formula is C29H33N3O8. The van der Waals surface area contributed by atoms with Crippen LogP contribution in [0.5, 0.6) is 5.75 Å². The van der Waals surface area contributed by atoms with Gasteiger partial charge in [0.25, 0.3) is 5.91 Å². The average Bonchev–Trinajstić information content (AvgIpc) is 3.30. The summed E-state index contributed by atoms with van der Waals surface area (Å²) in [7, 11) is 8.38. The Bertz CT molecular complexity index is 1500. The molecule has 0 spiro atoms. The van der Waals surface area contributed by atoms with E-state index in [0.29, 0.717) is 23.4 Å². The molecule has 0 saturated heterocycles. The summed E-state index contributed by atoms with van der Waals surface area (Å²) in [6.07, 6.45) is 1.97. The molecule has 0 bridgehead atoms. The first-order chi connectivity index (χ1) is 18.9. The number of rotatable bonds is 6. The van der Waals surface area contributed by atoms with Gasteiger partial charge in [-0.2, -0.15) is 0 Å². The molecule has 0 unspecified atom stereocenters. The molecule has 5 N–H and O–H groups in total. The van der Waals surface area contributed by atoms with Gasteiger partial charge in [-0.25, -0.2) is 0 Å². The molecule has 0 saturated carbocycles. The van der Waals surface area contributed by atoms with Crippen molar-refractivity contribution in [3.63, 3.8) is 0 Å². The van der Waals surface area contributed by atoms with Crippen LogP contribution in [0.1, 0.15) is 27.9 Å². The standard InChI is InChI=1S/C29H33N3O8/c1-31(2)12-13-8-9-40-25(13)15-6-7-18(33)20-16(15)10-14-11-17-22(32(3)4)24(35)21(28(30)38)27(37)29(17,39-5)26(36)19(14)23(20)34/h6-9,14,17,22,33,35-36H,10-12H2,1-5H3,(H2,30,38)/t14-,17-,22+,29-/m0/s1. The molecular weight excluding hydrogens is 518 g/mol. The smallest absolute Gasteiger partial charge is 0.255 e. The molecule has 212 valence electrons. The number of benzene rings is 1. The molecule has 11 heteroatoms. The number of ether oxygens (including phenoxy) is 1. The van der Waals surface area contributed by atoms with Gasteiger partial charge in [0.05, 0.1) is 17.9 Å². The lowest BCUT2D eigenvalue weighted by molar-refractivity contribution is -0.154. The maximum atomic E-state index is 14.1. The number of amides is 1. The van der Waals surface area contributed by atoms with Crippen molar-refractivity contribution in [2.24, 2.45) is 17.6 Å². The second-order valence-electron chi connectivity index (χ2n) is 11.1. The topological polar surface area (TPSA) is 167 Å². The zero-order valence-electron chi connectivity index (χ0n) is 23.0. The molecule has 5 rings (SSSR count). The SMILES string of the molecule is CO[C@@]12C(=O)C(C(N)=O)=C(O)[C@H](N(C)C)[C@@H]1C[C@@H]1Cc3c(-c4occc4CN(C)C)ccc(O)c3C(=O)C1=C2O. The Morgan fingerprint density at radius 2 is 1.85 bits per heavy atom. The van der Waals surface area contributed by atoms with Gasteiger partial charge in [0.1, 0.15) is 28.6 Å². The molecule has 1 aromatic heterocycles. The minimum atomic E-state index is -2.13. The lowest BCUT2D eigenvalue weighted by Crippen LogP contribution is -2.64. The number of Topliss-reactive ketones (excluding diaryl/α,β-unsaturated/α-hetero) is 2. The van der Waals surface area contributed by atoms with E-state index < -0.39 is 58.0 Å². The second-order valence-corrected chi connectivity index (χ2v) is 11.1. The van der Waals surface area contributed by atoms with E-state index in [1.54, 1.807) is 31.3 Å². The molecule has 0 aliphatic heterocycles. The van der Waals surface area contributed by atoms with Crippen molar-refractivity contribution in [3.05, 3.63) is 63.8 Å². The van der Waals surface area contributed by atoms with Crippen molar-refractivity contribution >= 4 is 17.5 Å². The van der Waals surface area contributed by atoms with Crippen LogP contribution in [0, 0.1) is 11.8 Å². The van der Waals surface area contributed by atoms with E-state index in [2.05, 4.69) is 0 Å². The first-order valence-electron chi connectivity index (χ1n) is 12.9. The van der Waals surface area contributed by atoms with Gasteiger partial charge < -0.3 is 35.1 Å². The number of aliphatic hydroxyl groups excluding tert-OH is 2. The van der Waals surface area contributed by atoms with Crippen molar-refractivity contribution < 1.29 is 38.9 Å². The average molecular weight is 552 g/mol. The summed E-state index contributed by atoms with van der Waals surface area (Å²) in [5.41, 5.74) is 4.72. The summed E-state index contributed by atoms with van der Waals surface area (Å²) in [5, 5.41) is 33.6. The fourth-order valence-electron chi connectivity index (χ4n) is 6.82. The fourth-order valence-corrected chi connectivity index (χ4v) is 6.82. The number of likely N-dealkylation sites (N-methyl/N-ethyl adjacent to an activating group) is 1. The molecule has 1 aromatic carbocycles. The predicted molar refractivity (Wildman–Crippen MR) is 144 cm³/mol. The number of allylic oxidation sites excluding steroid dienone is 1. The number of phenolic OH excluding ortho intramolecular Hbond substituents is 1. The summed E-state index contributed by atoms with van der Waals surface area (Å²) >= 11 is 0. The maximum absolute atomic E-state index is 14.1. The number of aliphatic hydroxyl groups is 2. The lowest BCUT2D eigenvalue weighted by Gasteiger charge is -2.51. The summed E-state index contributed by atoms with van der Waals surface area (Å²) in [6.45, 7) is 0.587. The van der Waals surface area contributed by atoms with Gasteiger partial charge in [-0.15, -0.1) is 0 Å². The first kappa shape index (κ1) is 27.6. The van der Waals surface area contributed by atoms with Gasteiger partial charge in [0.15, 0.2) is 11.4 Å². The van der Waals surface area contributed by atoms with Crippen LogP contribution in [0.2, 0.25) is 0 Å². The van der Waals surface area contributed by atoms with E-state index >= 15 is 0 Å². The Kier molecular flexibility index (Phi) is 6.64. The van der Waals surface area contributed by atoms with Crippen molar-refractivity contribution in [1.82, 2.24) is 9.80 Å². The Labute approximate surface area is 231 Å². The highest BCUT2D eigenvalue weighted by molar-refractivity contribution is 6.25. The van der Waals surface area contributed by atoms with Crippen LogP contribution in [-0.4, -0.2) is 89.5 Å². The van der Waals surface area contributed by atoms with Crippen LogP contribution in [0.4, 0.5) is 0 Å². The lowest BCUT2D eigenvalue weighted by atomic mass is 9.58.